The second-order valence-corrected chi connectivity index (χ2v) is 5.89. The first-order valence-corrected chi connectivity index (χ1v) is 6.16. The second kappa shape index (κ2) is 4.61. The summed E-state index contributed by atoms with van der Waals surface area (Å²) in [6, 6.07) is 0. The van der Waals surface area contributed by atoms with Crippen LogP contribution in [0, 0.1) is 5.41 Å². The summed E-state index contributed by atoms with van der Waals surface area (Å²) in [6.45, 7) is 6.50. The van der Waals surface area contributed by atoms with Gasteiger partial charge in [0.05, 0.1) is 0 Å². The van der Waals surface area contributed by atoms with E-state index in [4.69, 9.17) is 0 Å². The highest BCUT2D eigenvalue weighted by atomic mass is 79.9. The molecule has 80 valence electrons. The van der Waals surface area contributed by atoms with Crippen LogP contribution in [-0.4, -0.2) is 5.78 Å². The predicted molar refractivity (Wildman–Crippen MR) is 63.5 cm³/mol. The number of allylic oxidation sites excluding steroid dienone is 2. The third-order valence-corrected chi connectivity index (χ3v) is 3.58. The monoisotopic (exact) mass is 258 g/mol. The number of rotatable bonds is 3. The molecule has 0 saturated heterocycles. The van der Waals surface area contributed by atoms with E-state index in [2.05, 4.69) is 36.7 Å². The molecule has 0 spiro atoms. The van der Waals surface area contributed by atoms with Gasteiger partial charge in [0.2, 0.25) is 0 Å². The number of hydrogen-bond donors (Lipinski definition) is 0. The van der Waals surface area contributed by atoms with Crippen LogP contribution in [0.5, 0.6) is 0 Å². The van der Waals surface area contributed by atoms with Gasteiger partial charge in [-0.25, -0.2) is 0 Å². The molecule has 0 heterocycles. The Kier molecular flexibility index (Phi) is 3.94. The molecule has 0 radical (unpaired) electrons. The zero-order valence-electron chi connectivity index (χ0n) is 9.32. The molecule has 1 aliphatic carbocycles. The summed E-state index contributed by atoms with van der Waals surface area (Å²) in [6.07, 6.45) is 5.02. The van der Waals surface area contributed by atoms with Gasteiger partial charge in [-0.3, -0.25) is 4.79 Å². The van der Waals surface area contributed by atoms with E-state index in [-0.39, 0.29) is 5.41 Å². The van der Waals surface area contributed by atoms with E-state index >= 15 is 0 Å². The van der Waals surface area contributed by atoms with Crippen LogP contribution in [0.1, 0.15) is 52.9 Å². The van der Waals surface area contributed by atoms with E-state index < -0.39 is 0 Å². The maximum atomic E-state index is 11.7. The fourth-order valence-electron chi connectivity index (χ4n) is 1.91. The molecule has 0 aromatic heterocycles. The molecule has 0 aromatic carbocycles. The Labute approximate surface area is 95.1 Å². The van der Waals surface area contributed by atoms with Crippen LogP contribution in [0.15, 0.2) is 10.1 Å². The average Bonchev–Trinajstić information content (AvgIpc) is 2.35. The zero-order valence-corrected chi connectivity index (χ0v) is 10.9. The molecular formula is C12H19BrO. The van der Waals surface area contributed by atoms with Gasteiger partial charge in [-0.15, -0.1) is 0 Å². The standard InChI is InChI=1S/C12H19BrO/c1-4-5-6-10(13)9-7-12(2,3)8-11(9)14/h4-8H2,1-3H3/b10-9+. The smallest absolute Gasteiger partial charge is 0.160 e. The highest BCUT2D eigenvalue weighted by Gasteiger charge is 2.34. The van der Waals surface area contributed by atoms with Gasteiger partial charge in [-0.05, 0) is 24.7 Å². The van der Waals surface area contributed by atoms with Crippen molar-refractivity contribution in [2.24, 2.45) is 5.41 Å². The van der Waals surface area contributed by atoms with Gasteiger partial charge in [0.25, 0.3) is 0 Å². The minimum atomic E-state index is 0.178. The number of carbonyl (C=O) groups is 1. The number of Topliss-reactive ketones (excluding diaryl/α,β-unsaturated/α-hetero) is 1. The van der Waals surface area contributed by atoms with Crippen LogP contribution in [0.25, 0.3) is 0 Å². The number of hydrogen-bond acceptors (Lipinski definition) is 1. The van der Waals surface area contributed by atoms with Crippen molar-refractivity contribution in [1.82, 2.24) is 0 Å². The topological polar surface area (TPSA) is 17.1 Å². The van der Waals surface area contributed by atoms with E-state index in [0.717, 1.165) is 29.3 Å². The average molecular weight is 259 g/mol. The third-order valence-electron chi connectivity index (χ3n) is 2.71. The van der Waals surface area contributed by atoms with Crippen LogP contribution in [0.2, 0.25) is 0 Å². The van der Waals surface area contributed by atoms with Crippen molar-refractivity contribution in [3.8, 4) is 0 Å². The summed E-state index contributed by atoms with van der Waals surface area (Å²) >= 11 is 3.56. The normalized spacial score (nSPS) is 24.1. The van der Waals surface area contributed by atoms with Gasteiger partial charge in [-0.1, -0.05) is 43.1 Å². The Morgan fingerprint density at radius 1 is 1.43 bits per heavy atom. The van der Waals surface area contributed by atoms with Gasteiger partial charge in [0.15, 0.2) is 5.78 Å². The first-order valence-electron chi connectivity index (χ1n) is 5.37. The summed E-state index contributed by atoms with van der Waals surface area (Å²) in [5.41, 5.74) is 1.22. The molecule has 0 amide bonds. The van der Waals surface area contributed by atoms with Crippen molar-refractivity contribution >= 4 is 21.7 Å². The lowest BCUT2D eigenvalue weighted by Gasteiger charge is -2.13. The van der Waals surface area contributed by atoms with Gasteiger partial charge < -0.3 is 0 Å². The Hall–Kier alpha value is -0.110. The summed E-state index contributed by atoms with van der Waals surface area (Å²) in [4.78, 5) is 11.7. The molecule has 0 bridgehead atoms. The summed E-state index contributed by atoms with van der Waals surface area (Å²) in [5, 5.41) is 0. The zero-order chi connectivity index (χ0) is 10.8. The molecule has 1 saturated carbocycles. The van der Waals surface area contributed by atoms with Crippen LogP contribution in [0.3, 0.4) is 0 Å². The fourth-order valence-corrected chi connectivity index (χ4v) is 2.55. The lowest BCUT2D eigenvalue weighted by atomic mass is 9.91. The van der Waals surface area contributed by atoms with Crippen molar-refractivity contribution in [3.63, 3.8) is 0 Å². The molecular weight excluding hydrogens is 240 g/mol. The number of ketones is 1. The van der Waals surface area contributed by atoms with Crippen molar-refractivity contribution < 1.29 is 4.79 Å². The maximum Gasteiger partial charge on any atom is 0.160 e. The van der Waals surface area contributed by atoms with Crippen LogP contribution in [0.4, 0.5) is 0 Å². The van der Waals surface area contributed by atoms with Gasteiger partial charge >= 0.3 is 0 Å². The minimum Gasteiger partial charge on any atom is -0.295 e. The Balaban J connectivity index is 2.72. The van der Waals surface area contributed by atoms with E-state index in [0.29, 0.717) is 12.2 Å². The lowest BCUT2D eigenvalue weighted by molar-refractivity contribution is -0.115. The van der Waals surface area contributed by atoms with E-state index in [1.807, 2.05) is 0 Å². The van der Waals surface area contributed by atoms with Crippen LogP contribution < -0.4 is 0 Å². The van der Waals surface area contributed by atoms with E-state index in [1.165, 1.54) is 6.42 Å². The Morgan fingerprint density at radius 3 is 2.50 bits per heavy atom. The summed E-state index contributed by atoms with van der Waals surface area (Å²) in [7, 11) is 0. The molecule has 1 nitrogen and oxygen atoms in total. The van der Waals surface area contributed by atoms with Crippen molar-refractivity contribution in [1.29, 1.82) is 0 Å². The third kappa shape index (κ3) is 2.94. The molecule has 0 atom stereocenters. The second-order valence-electron chi connectivity index (χ2n) is 4.93. The highest BCUT2D eigenvalue weighted by molar-refractivity contribution is 9.11. The Bertz CT molecular complexity index is 263. The molecule has 0 unspecified atom stereocenters. The molecule has 1 rings (SSSR count). The van der Waals surface area contributed by atoms with Crippen molar-refractivity contribution in [3.05, 3.63) is 10.1 Å². The van der Waals surface area contributed by atoms with Crippen LogP contribution in [-0.2, 0) is 4.79 Å². The maximum absolute atomic E-state index is 11.7. The fraction of sp³-hybridized carbons (Fsp3) is 0.750. The molecule has 0 aliphatic heterocycles. The van der Waals surface area contributed by atoms with E-state index in [9.17, 15) is 4.79 Å². The SMILES string of the molecule is CCCC/C(Br)=C1/CC(C)(C)CC1=O. The molecule has 0 N–H and O–H groups in total. The van der Waals surface area contributed by atoms with Crippen molar-refractivity contribution in [2.45, 2.75) is 52.9 Å². The van der Waals surface area contributed by atoms with E-state index in [1.54, 1.807) is 0 Å². The molecule has 0 aromatic rings. The molecule has 1 fully saturated rings. The van der Waals surface area contributed by atoms with Gasteiger partial charge in [0, 0.05) is 16.5 Å². The number of unbranched alkanes of at least 4 members (excludes halogenated alkanes) is 1. The highest BCUT2D eigenvalue weighted by Crippen LogP contribution is 2.41. The lowest BCUT2D eigenvalue weighted by Crippen LogP contribution is -2.04. The number of halogens is 1. The molecule has 1 aliphatic rings. The first kappa shape index (κ1) is 12.0. The van der Waals surface area contributed by atoms with Crippen molar-refractivity contribution in [2.75, 3.05) is 0 Å². The predicted octanol–water partition coefficient (Wildman–Crippen LogP) is 4.21. The van der Waals surface area contributed by atoms with Crippen LogP contribution >= 0.6 is 15.9 Å². The minimum absolute atomic E-state index is 0.178. The molecule has 2 heteroatoms. The summed E-state index contributed by atoms with van der Waals surface area (Å²) < 4.78 is 1.15. The summed E-state index contributed by atoms with van der Waals surface area (Å²) in [5.74, 6) is 0.345. The number of carbonyl (C=O) groups excluding carboxylic acids is 1. The largest absolute Gasteiger partial charge is 0.295 e. The Morgan fingerprint density at radius 2 is 2.07 bits per heavy atom. The quantitative estimate of drug-likeness (QED) is 0.694. The van der Waals surface area contributed by atoms with Gasteiger partial charge in [0.1, 0.15) is 0 Å². The first-order chi connectivity index (χ1) is 6.46. The van der Waals surface area contributed by atoms with Gasteiger partial charge in [-0.2, -0.15) is 0 Å². The molecule has 14 heavy (non-hydrogen) atoms.